The Kier molecular flexibility index (Phi) is 4.46. The molecule has 0 fully saturated rings. The quantitative estimate of drug-likeness (QED) is 0.697. The molecule has 0 radical (unpaired) electrons. The predicted octanol–water partition coefficient (Wildman–Crippen LogP) is 0.494. The number of anilines is 1. The van der Waals surface area contributed by atoms with Crippen molar-refractivity contribution in [3.63, 3.8) is 0 Å². The molecule has 1 aromatic heterocycles. The highest BCUT2D eigenvalue weighted by molar-refractivity contribution is 7.89. The zero-order chi connectivity index (χ0) is 19.1. The van der Waals surface area contributed by atoms with E-state index in [0.29, 0.717) is 17.0 Å². The van der Waals surface area contributed by atoms with Gasteiger partial charge in [0, 0.05) is 19.3 Å². The molecule has 26 heavy (non-hydrogen) atoms. The first-order valence-electron chi connectivity index (χ1n) is 7.72. The number of aryl methyl sites for hydroxylation is 1. The highest BCUT2D eigenvalue weighted by Crippen LogP contribution is 2.31. The maximum Gasteiger partial charge on any atom is 0.265 e. The number of carbonyl (C=O) groups is 2. The molecule has 10 heteroatoms. The second-order valence-corrected chi connectivity index (χ2v) is 7.69. The second-order valence-electron chi connectivity index (χ2n) is 5.97. The molecule has 0 spiro atoms. The lowest BCUT2D eigenvalue weighted by atomic mass is 10.1. The number of amides is 2. The Morgan fingerprint density at radius 1 is 1.38 bits per heavy atom. The van der Waals surface area contributed by atoms with Crippen molar-refractivity contribution in [3.8, 4) is 5.75 Å². The zero-order valence-electron chi connectivity index (χ0n) is 14.1. The van der Waals surface area contributed by atoms with E-state index < -0.39 is 22.0 Å². The van der Waals surface area contributed by atoms with Crippen LogP contribution in [0.25, 0.3) is 0 Å². The third-order valence-corrected chi connectivity index (χ3v) is 5.52. The summed E-state index contributed by atoms with van der Waals surface area (Å²) in [6, 6.07) is 5.67. The Hall–Kier alpha value is -2.85. The molecule has 2 amide bonds. The summed E-state index contributed by atoms with van der Waals surface area (Å²) in [5.74, 6) is -0.462. The van der Waals surface area contributed by atoms with Crippen LogP contribution in [0.5, 0.6) is 5.75 Å². The first-order chi connectivity index (χ1) is 12.2. The van der Waals surface area contributed by atoms with Crippen molar-refractivity contribution in [2.24, 2.45) is 12.8 Å². The summed E-state index contributed by atoms with van der Waals surface area (Å²) in [4.78, 5) is 22.7. The van der Waals surface area contributed by atoms with E-state index in [1.165, 1.54) is 23.9 Å². The summed E-state index contributed by atoms with van der Waals surface area (Å²) in [6.45, 7) is 1.62. The van der Waals surface area contributed by atoms with Crippen LogP contribution in [0, 0.1) is 0 Å². The van der Waals surface area contributed by atoms with Gasteiger partial charge in [-0.15, -0.1) is 0 Å². The van der Waals surface area contributed by atoms with Crippen LogP contribution in [0.1, 0.15) is 29.0 Å². The number of sulfonamides is 1. The fraction of sp³-hybridized carbons (Fsp3) is 0.250. The Balaban J connectivity index is 1.84. The molecule has 1 aliphatic heterocycles. The number of aromatic nitrogens is 1. The SMILES string of the molecule is CC(NS(=O)(=O)c1cc(C(N)=O)n(C)c1)c1ccc2c(c1)NC(=O)CO2. The van der Waals surface area contributed by atoms with Crippen molar-refractivity contribution in [1.82, 2.24) is 9.29 Å². The van der Waals surface area contributed by atoms with Gasteiger partial charge in [-0.3, -0.25) is 9.59 Å². The summed E-state index contributed by atoms with van der Waals surface area (Å²) in [5.41, 5.74) is 6.44. The third-order valence-electron chi connectivity index (χ3n) is 4.01. The highest BCUT2D eigenvalue weighted by atomic mass is 32.2. The van der Waals surface area contributed by atoms with Crippen LogP contribution >= 0.6 is 0 Å². The predicted molar refractivity (Wildman–Crippen MR) is 93.2 cm³/mol. The van der Waals surface area contributed by atoms with E-state index in [-0.39, 0.29) is 23.1 Å². The number of nitrogens with two attached hydrogens (primary N) is 1. The number of hydrogen-bond acceptors (Lipinski definition) is 5. The molecule has 0 saturated carbocycles. The molecule has 138 valence electrons. The lowest BCUT2D eigenvalue weighted by molar-refractivity contribution is -0.118. The van der Waals surface area contributed by atoms with Gasteiger partial charge in [0.05, 0.1) is 5.69 Å². The number of nitrogens with one attached hydrogen (secondary N) is 2. The Morgan fingerprint density at radius 3 is 2.77 bits per heavy atom. The minimum atomic E-state index is -3.87. The van der Waals surface area contributed by atoms with Crippen LogP contribution in [0.3, 0.4) is 0 Å². The fourth-order valence-corrected chi connectivity index (χ4v) is 3.97. The van der Waals surface area contributed by atoms with Crippen molar-refractivity contribution < 1.29 is 22.7 Å². The lowest BCUT2D eigenvalue weighted by Crippen LogP contribution is -2.28. The Bertz CT molecular complexity index is 996. The first kappa shape index (κ1) is 18.0. The maximum absolute atomic E-state index is 12.6. The van der Waals surface area contributed by atoms with Crippen molar-refractivity contribution in [2.75, 3.05) is 11.9 Å². The number of primary amides is 1. The molecule has 0 saturated heterocycles. The molecule has 3 rings (SSSR count). The average Bonchev–Trinajstić information content (AvgIpc) is 2.96. The van der Waals surface area contributed by atoms with Gasteiger partial charge in [0.15, 0.2) is 6.61 Å². The van der Waals surface area contributed by atoms with E-state index in [9.17, 15) is 18.0 Å². The van der Waals surface area contributed by atoms with Crippen molar-refractivity contribution in [3.05, 3.63) is 41.7 Å². The molecule has 1 atom stereocenters. The Morgan fingerprint density at radius 2 is 2.12 bits per heavy atom. The van der Waals surface area contributed by atoms with Crippen LogP contribution in [-0.4, -0.2) is 31.4 Å². The molecular weight excluding hydrogens is 360 g/mol. The molecule has 1 aromatic carbocycles. The molecule has 0 bridgehead atoms. The molecule has 1 aliphatic rings. The van der Waals surface area contributed by atoms with E-state index >= 15 is 0 Å². The highest BCUT2D eigenvalue weighted by Gasteiger charge is 2.23. The standard InChI is InChI=1S/C16H18N4O5S/c1-9(10-3-4-14-12(5-10)18-15(21)8-25-14)19-26(23,24)11-6-13(16(17)22)20(2)7-11/h3-7,9,19H,8H2,1-2H3,(H2,17,22)(H,18,21). The van der Waals surface area contributed by atoms with Crippen LogP contribution in [0.4, 0.5) is 5.69 Å². The number of benzene rings is 1. The second kappa shape index (κ2) is 6.46. The van der Waals surface area contributed by atoms with Gasteiger partial charge in [-0.2, -0.15) is 0 Å². The largest absolute Gasteiger partial charge is 0.482 e. The number of hydrogen-bond donors (Lipinski definition) is 3. The van der Waals surface area contributed by atoms with Gasteiger partial charge in [-0.1, -0.05) is 6.07 Å². The molecule has 1 unspecified atom stereocenters. The van der Waals surface area contributed by atoms with E-state index in [1.807, 2.05) is 0 Å². The lowest BCUT2D eigenvalue weighted by Gasteiger charge is -2.20. The third kappa shape index (κ3) is 3.41. The van der Waals surface area contributed by atoms with Gasteiger partial charge in [0.25, 0.3) is 11.8 Å². The summed E-state index contributed by atoms with van der Waals surface area (Å²) >= 11 is 0. The van der Waals surface area contributed by atoms with Crippen molar-refractivity contribution in [1.29, 1.82) is 0 Å². The summed E-state index contributed by atoms with van der Waals surface area (Å²) in [7, 11) is -2.34. The maximum atomic E-state index is 12.6. The van der Waals surface area contributed by atoms with Crippen molar-refractivity contribution in [2.45, 2.75) is 17.9 Å². The van der Waals surface area contributed by atoms with Crippen LogP contribution < -0.4 is 20.5 Å². The average molecular weight is 378 g/mol. The first-order valence-corrected chi connectivity index (χ1v) is 9.21. The van der Waals surface area contributed by atoms with E-state index in [0.717, 1.165) is 0 Å². The van der Waals surface area contributed by atoms with E-state index in [4.69, 9.17) is 10.5 Å². The van der Waals surface area contributed by atoms with Gasteiger partial charge in [0.2, 0.25) is 10.0 Å². The summed E-state index contributed by atoms with van der Waals surface area (Å²) < 4.78 is 34.3. The van der Waals surface area contributed by atoms with Gasteiger partial charge in [-0.25, -0.2) is 13.1 Å². The summed E-state index contributed by atoms with van der Waals surface area (Å²) in [5, 5.41) is 2.68. The van der Waals surface area contributed by atoms with Gasteiger partial charge in [0.1, 0.15) is 16.3 Å². The molecule has 9 nitrogen and oxygen atoms in total. The van der Waals surface area contributed by atoms with Crippen LogP contribution in [-0.2, 0) is 21.9 Å². The molecule has 0 aliphatic carbocycles. The monoisotopic (exact) mass is 378 g/mol. The number of rotatable bonds is 5. The van der Waals surface area contributed by atoms with Gasteiger partial charge in [-0.05, 0) is 30.7 Å². The van der Waals surface area contributed by atoms with Gasteiger partial charge < -0.3 is 20.4 Å². The molecule has 4 N–H and O–H groups in total. The normalized spacial score (nSPS) is 14.9. The summed E-state index contributed by atoms with van der Waals surface area (Å²) in [6.07, 6.45) is 1.32. The minimum absolute atomic E-state index is 0.0509. The number of carbonyl (C=O) groups excluding carboxylic acids is 2. The van der Waals surface area contributed by atoms with Gasteiger partial charge >= 0.3 is 0 Å². The number of ether oxygens (including phenoxy) is 1. The molecule has 2 heterocycles. The molecule has 2 aromatic rings. The molecular formula is C16H18N4O5S. The zero-order valence-corrected chi connectivity index (χ0v) is 15.0. The Labute approximate surface area is 150 Å². The van der Waals surface area contributed by atoms with Crippen LogP contribution in [0.2, 0.25) is 0 Å². The number of nitrogens with zero attached hydrogens (tertiary/aromatic N) is 1. The number of fused-ring (bicyclic) bond motifs is 1. The minimum Gasteiger partial charge on any atom is -0.482 e. The fourth-order valence-electron chi connectivity index (χ4n) is 2.67. The van der Waals surface area contributed by atoms with Crippen molar-refractivity contribution >= 4 is 27.5 Å². The van der Waals surface area contributed by atoms with E-state index in [1.54, 1.807) is 25.1 Å². The smallest absolute Gasteiger partial charge is 0.265 e. The topological polar surface area (TPSA) is 133 Å². The van der Waals surface area contributed by atoms with E-state index in [2.05, 4.69) is 10.0 Å². The van der Waals surface area contributed by atoms with Crippen LogP contribution in [0.15, 0.2) is 35.4 Å².